The second kappa shape index (κ2) is 5.59. The fourth-order valence-corrected chi connectivity index (χ4v) is 5.01. The topological polar surface area (TPSA) is 80.5 Å². The van der Waals surface area contributed by atoms with Crippen molar-refractivity contribution in [3.63, 3.8) is 0 Å². The molecular formula is C17H18N2O4S. The van der Waals surface area contributed by atoms with Crippen LogP contribution in [-0.2, 0) is 10.0 Å². The molecule has 1 aliphatic rings. The Kier molecular flexibility index (Phi) is 3.83. The van der Waals surface area contributed by atoms with E-state index in [1.165, 1.54) is 10.4 Å². The molecule has 1 unspecified atom stereocenters. The third-order valence-corrected chi connectivity index (χ3v) is 6.47. The Labute approximate surface area is 140 Å². The van der Waals surface area contributed by atoms with Crippen LogP contribution in [0.1, 0.15) is 29.5 Å². The van der Waals surface area contributed by atoms with Gasteiger partial charge in [0.05, 0.1) is 15.5 Å². The van der Waals surface area contributed by atoms with Crippen molar-refractivity contribution in [2.24, 2.45) is 0 Å². The number of nitrogens with zero attached hydrogens (tertiary/aromatic N) is 2. The number of benzene rings is 2. The van der Waals surface area contributed by atoms with Crippen LogP contribution in [0.5, 0.6) is 0 Å². The molecule has 1 aliphatic heterocycles. The summed E-state index contributed by atoms with van der Waals surface area (Å²) in [4.78, 5) is 10.5. The average molecular weight is 346 g/mol. The highest BCUT2D eigenvalue weighted by Crippen LogP contribution is 2.40. The zero-order chi connectivity index (χ0) is 17.6. The summed E-state index contributed by atoms with van der Waals surface area (Å²) in [6.07, 6.45) is 0. The van der Waals surface area contributed by atoms with Crippen LogP contribution in [0, 0.1) is 24.0 Å². The van der Waals surface area contributed by atoms with E-state index < -0.39 is 14.9 Å². The van der Waals surface area contributed by atoms with Gasteiger partial charge in [-0.15, -0.1) is 0 Å². The maximum Gasteiger partial charge on any atom is 0.271 e. The van der Waals surface area contributed by atoms with Crippen LogP contribution >= 0.6 is 0 Å². The maximum absolute atomic E-state index is 13.2. The van der Waals surface area contributed by atoms with Gasteiger partial charge in [-0.05, 0) is 36.6 Å². The standard InChI is InChI=1S/C17H18N2O4S/c1-11-8-14(19(20)21)9-17(13(11)3)24(22,23)18-10-12(2)15-6-4-5-7-16(15)18/h4-9,12H,10H2,1-3H3. The molecule has 7 heteroatoms. The summed E-state index contributed by atoms with van der Waals surface area (Å²) in [5, 5.41) is 11.1. The molecule has 1 atom stereocenters. The summed E-state index contributed by atoms with van der Waals surface area (Å²) >= 11 is 0. The average Bonchev–Trinajstić information content (AvgIpc) is 2.88. The molecule has 6 nitrogen and oxygen atoms in total. The lowest BCUT2D eigenvalue weighted by molar-refractivity contribution is -0.385. The number of non-ortho nitro benzene ring substituents is 1. The second-order valence-corrected chi connectivity index (χ2v) is 7.97. The summed E-state index contributed by atoms with van der Waals surface area (Å²) in [5.74, 6) is 0.0797. The molecule has 0 bridgehead atoms. The van der Waals surface area contributed by atoms with Crippen molar-refractivity contribution < 1.29 is 13.3 Å². The van der Waals surface area contributed by atoms with Crippen LogP contribution in [0.4, 0.5) is 11.4 Å². The number of sulfonamides is 1. The Balaban J connectivity index is 2.18. The highest BCUT2D eigenvalue weighted by atomic mass is 32.2. The zero-order valence-electron chi connectivity index (χ0n) is 13.7. The summed E-state index contributed by atoms with van der Waals surface area (Å²) < 4.78 is 27.7. The lowest BCUT2D eigenvalue weighted by Gasteiger charge is -2.21. The zero-order valence-corrected chi connectivity index (χ0v) is 14.5. The Morgan fingerprint density at radius 3 is 2.54 bits per heavy atom. The van der Waals surface area contributed by atoms with Gasteiger partial charge in [0.25, 0.3) is 15.7 Å². The van der Waals surface area contributed by atoms with Gasteiger partial charge in [0.15, 0.2) is 0 Å². The molecule has 0 saturated heterocycles. The number of hydrogen-bond donors (Lipinski definition) is 0. The van der Waals surface area contributed by atoms with E-state index >= 15 is 0 Å². The number of fused-ring (bicyclic) bond motifs is 1. The van der Waals surface area contributed by atoms with Gasteiger partial charge in [0.2, 0.25) is 0 Å². The van der Waals surface area contributed by atoms with E-state index in [1.54, 1.807) is 26.0 Å². The Hall–Kier alpha value is -2.41. The van der Waals surface area contributed by atoms with Crippen molar-refractivity contribution in [3.8, 4) is 0 Å². The third kappa shape index (κ3) is 2.45. The number of hydrogen-bond acceptors (Lipinski definition) is 4. The van der Waals surface area contributed by atoms with Gasteiger partial charge in [-0.3, -0.25) is 14.4 Å². The van der Waals surface area contributed by atoms with Gasteiger partial charge in [-0.1, -0.05) is 25.1 Å². The highest BCUT2D eigenvalue weighted by molar-refractivity contribution is 7.93. The van der Waals surface area contributed by atoms with E-state index in [4.69, 9.17) is 0 Å². The van der Waals surface area contributed by atoms with E-state index in [-0.39, 0.29) is 16.5 Å². The second-order valence-electron chi connectivity index (χ2n) is 6.14. The maximum atomic E-state index is 13.2. The molecule has 24 heavy (non-hydrogen) atoms. The van der Waals surface area contributed by atoms with Gasteiger partial charge < -0.3 is 0 Å². The van der Waals surface area contributed by atoms with Crippen molar-refractivity contribution in [2.75, 3.05) is 10.8 Å². The molecule has 0 saturated carbocycles. The quantitative estimate of drug-likeness (QED) is 0.629. The molecule has 0 spiro atoms. The first kappa shape index (κ1) is 16.4. The molecule has 0 aromatic heterocycles. The number of nitro benzene ring substituents is 1. The fourth-order valence-electron chi connectivity index (χ4n) is 3.11. The summed E-state index contributed by atoms with van der Waals surface area (Å²) in [6, 6.07) is 9.92. The number of nitro groups is 1. The number of anilines is 1. The molecule has 3 rings (SSSR count). The lowest BCUT2D eigenvalue weighted by atomic mass is 10.0. The lowest BCUT2D eigenvalue weighted by Crippen LogP contribution is -2.30. The summed E-state index contributed by atoms with van der Waals surface area (Å²) in [7, 11) is -3.87. The Morgan fingerprint density at radius 2 is 1.88 bits per heavy atom. The predicted molar refractivity (Wildman–Crippen MR) is 92.0 cm³/mol. The van der Waals surface area contributed by atoms with Crippen LogP contribution < -0.4 is 4.31 Å². The number of para-hydroxylation sites is 1. The van der Waals surface area contributed by atoms with Gasteiger partial charge in [-0.2, -0.15) is 0 Å². The van der Waals surface area contributed by atoms with E-state index in [1.807, 2.05) is 19.1 Å². The largest absolute Gasteiger partial charge is 0.271 e. The Morgan fingerprint density at radius 1 is 1.21 bits per heavy atom. The predicted octanol–water partition coefficient (Wildman–Crippen LogP) is 3.52. The smallest absolute Gasteiger partial charge is 0.265 e. The van der Waals surface area contributed by atoms with Crippen molar-refractivity contribution in [1.82, 2.24) is 0 Å². The van der Waals surface area contributed by atoms with Crippen LogP contribution in [0.25, 0.3) is 0 Å². The van der Waals surface area contributed by atoms with Crippen LogP contribution in [0.2, 0.25) is 0 Å². The SMILES string of the molecule is Cc1cc([N+](=O)[O-])cc(S(=O)(=O)N2CC(C)c3ccccc32)c1C. The molecule has 0 N–H and O–H groups in total. The Bertz CT molecular complexity index is 938. The first-order chi connectivity index (χ1) is 11.2. The van der Waals surface area contributed by atoms with Crippen LogP contribution in [0.3, 0.4) is 0 Å². The van der Waals surface area contributed by atoms with Crippen molar-refractivity contribution in [3.05, 3.63) is 63.2 Å². The molecule has 0 fully saturated rings. The normalized spacial score (nSPS) is 17.0. The van der Waals surface area contributed by atoms with E-state index in [0.29, 0.717) is 23.4 Å². The molecular weight excluding hydrogens is 328 g/mol. The van der Waals surface area contributed by atoms with E-state index in [0.717, 1.165) is 11.6 Å². The van der Waals surface area contributed by atoms with Crippen molar-refractivity contribution in [1.29, 1.82) is 0 Å². The highest BCUT2D eigenvalue weighted by Gasteiger charge is 2.36. The molecule has 2 aromatic carbocycles. The first-order valence-corrected chi connectivity index (χ1v) is 9.05. The van der Waals surface area contributed by atoms with Gasteiger partial charge in [0, 0.05) is 24.6 Å². The van der Waals surface area contributed by atoms with Gasteiger partial charge in [0.1, 0.15) is 0 Å². The van der Waals surface area contributed by atoms with Crippen LogP contribution in [-0.4, -0.2) is 19.9 Å². The minimum atomic E-state index is -3.87. The number of rotatable bonds is 3. The van der Waals surface area contributed by atoms with E-state index in [9.17, 15) is 18.5 Å². The monoisotopic (exact) mass is 346 g/mol. The number of aryl methyl sites for hydroxylation is 1. The molecule has 0 amide bonds. The minimum Gasteiger partial charge on any atom is -0.265 e. The van der Waals surface area contributed by atoms with Gasteiger partial charge in [-0.25, -0.2) is 8.42 Å². The molecule has 0 radical (unpaired) electrons. The summed E-state index contributed by atoms with van der Waals surface area (Å²) in [5.41, 5.74) is 2.53. The third-order valence-electron chi connectivity index (χ3n) is 4.56. The molecule has 0 aliphatic carbocycles. The van der Waals surface area contributed by atoms with Crippen molar-refractivity contribution >= 4 is 21.4 Å². The fraction of sp³-hybridized carbons (Fsp3) is 0.294. The minimum absolute atomic E-state index is 0.00176. The summed E-state index contributed by atoms with van der Waals surface area (Å²) in [6.45, 7) is 5.67. The molecule has 1 heterocycles. The van der Waals surface area contributed by atoms with Gasteiger partial charge >= 0.3 is 0 Å². The first-order valence-electron chi connectivity index (χ1n) is 7.60. The molecule has 2 aromatic rings. The van der Waals surface area contributed by atoms with Crippen LogP contribution in [0.15, 0.2) is 41.3 Å². The molecule has 126 valence electrons. The van der Waals surface area contributed by atoms with E-state index in [2.05, 4.69) is 0 Å². The van der Waals surface area contributed by atoms with Crippen molar-refractivity contribution in [2.45, 2.75) is 31.6 Å².